The lowest BCUT2D eigenvalue weighted by Gasteiger charge is -2.31. The summed E-state index contributed by atoms with van der Waals surface area (Å²) < 4.78 is 38.6. The van der Waals surface area contributed by atoms with Crippen LogP contribution in [0.25, 0.3) is 0 Å². The van der Waals surface area contributed by atoms with Gasteiger partial charge in [-0.05, 0) is 34.8 Å². The van der Waals surface area contributed by atoms with Crippen LogP contribution in [-0.4, -0.2) is 29.6 Å². The number of halogens is 4. The summed E-state index contributed by atoms with van der Waals surface area (Å²) in [6.07, 6.45) is -3.38. The highest BCUT2D eigenvalue weighted by molar-refractivity contribution is 9.11. The van der Waals surface area contributed by atoms with Crippen LogP contribution >= 0.6 is 27.3 Å². The van der Waals surface area contributed by atoms with E-state index in [1.165, 1.54) is 11.3 Å². The van der Waals surface area contributed by atoms with E-state index < -0.39 is 24.7 Å². The number of hydrogen-bond donors (Lipinski definition) is 0. The van der Waals surface area contributed by atoms with Gasteiger partial charge in [-0.2, -0.15) is 13.2 Å². The molecule has 0 bridgehead atoms. The van der Waals surface area contributed by atoms with Crippen molar-refractivity contribution in [1.29, 1.82) is 0 Å². The zero-order valence-corrected chi connectivity index (χ0v) is 13.0. The molecule has 0 aliphatic heterocycles. The first-order valence-corrected chi connectivity index (χ1v) is 7.57. The van der Waals surface area contributed by atoms with Crippen molar-refractivity contribution in [2.75, 3.05) is 6.54 Å². The van der Waals surface area contributed by atoms with Crippen LogP contribution in [0.4, 0.5) is 13.2 Å². The maximum atomic E-state index is 12.6. The molecule has 1 heterocycles. The highest BCUT2D eigenvalue weighted by atomic mass is 79.9. The molecule has 0 fully saturated rings. The second-order valence-electron chi connectivity index (χ2n) is 4.16. The zero-order chi connectivity index (χ0) is 14.6. The summed E-state index contributed by atoms with van der Waals surface area (Å²) in [5.74, 6) is -0.562. The minimum Gasteiger partial charge on any atom is -0.327 e. The Bertz CT molecular complexity index is 429. The molecule has 2 nitrogen and oxygen atoms in total. The number of alkyl halides is 3. The summed E-state index contributed by atoms with van der Waals surface area (Å²) in [6.45, 7) is 2.37. The highest BCUT2D eigenvalue weighted by Gasteiger charge is 2.36. The Balaban J connectivity index is 2.98. The number of rotatable bonds is 5. The Morgan fingerprint density at radius 1 is 1.42 bits per heavy atom. The molecule has 0 radical (unpaired) electrons. The van der Waals surface area contributed by atoms with E-state index >= 15 is 0 Å². The number of hydrogen-bond acceptors (Lipinski definition) is 2. The van der Waals surface area contributed by atoms with Crippen LogP contribution in [0.1, 0.15) is 37.0 Å². The molecule has 1 amide bonds. The lowest BCUT2D eigenvalue weighted by Crippen LogP contribution is -2.45. The second kappa shape index (κ2) is 6.74. The standard InChI is InChI=1S/C12H15BrF3NOS/c1-3-9(4-2)17(7-12(14,15)16)11(18)8-5-10(13)19-6-8/h5-6,9H,3-4,7H2,1-2H3. The molecule has 0 aliphatic carbocycles. The van der Waals surface area contributed by atoms with Crippen LogP contribution in [0.5, 0.6) is 0 Å². The van der Waals surface area contributed by atoms with Gasteiger partial charge in [0, 0.05) is 11.4 Å². The molecule has 0 saturated carbocycles. The van der Waals surface area contributed by atoms with E-state index in [2.05, 4.69) is 15.9 Å². The molecule has 0 aliphatic rings. The minimum absolute atomic E-state index is 0.299. The van der Waals surface area contributed by atoms with Crippen LogP contribution in [0.2, 0.25) is 0 Å². The Hall–Kier alpha value is -0.560. The predicted octanol–water partition coefficient (Wildman–Crippen LogP) is 4.70. The van der Waals surface area contributed by atoms with Crippen molar-refractivity contribution in [3.8, 4) is 0 Å². The molecule has 108 valence electrons. The normalized spacial score (nSPS) is 11.9. The van der Waals surface area contributed by atoms with E-state index in [-0.39, 0.29) is 0 Å². The first kappa shape index (κ1) is 16.5. The number of amides is 1. The largest absolute Gasteiger partial charge is 0.406 e. The van der Waals surface area contributed by atoms with Crippen LogP contribution < -0.4 is 0 Å². The van der Waals surface area contributed by atoms with Gasteiger partial charge in [-0.3, -0.25) is 4.79 Å². The fourth-order valence-corrected chi connectivity index (χ4v) is 3.01. The van der Waals surface area contributed by atoms with E-state index in [0.29, 0.717) is 18.4 Å². The summed E-state index contributed by atoms with van der Waals surface area (Å²) in [5, 5.41) is 1.57. The zero-order valence-electron chi connectivity index (χ0n) is 10.6. The third-order valence-electron chi connectivity index (χ3n) is 2.81. The number of thiophene rings is 1. The van der Waals surface area contributed by atoms with Crippen molar-refractivity contribution in [2.45, 2.75) is 38.9 Å². The summed E-state index contributed by atoms with van der Waals surface area (Å²) >= 11 is 4.49. The summed E-state index contributed by atoms with van der Waals surface area (Å²) in [7, 11) is 0. The van der Waals surface area contributed by atoms with Crippen molar-refractivity contribution in [2.24, 2.45) is 0 Å². The maximum Gasteiger partial charge on any atom is 0.406 e. The molecule has 0 unspecified atom stereocenters. The van der Waals surface area contributed by atoms with Crippen molar-refractivity contribution in [3.05, 3.63) is 20.8 Å². The average Bonchev–Trinajstić information content (AvgIpc) is 2.73. The lowest BCUT2D eigenvalue weighted by atomic mass is 10.1. The monoisotopic (exact) mass is 357 g/mol. The molecule has 1 aromatic rings. The number of nitrogens with zero attached hydrogens (tertiary/aromatic N) is 1. The van der Waals surface area contributed by atoms with Crippen molar-refractivity contribution in [1.82, 2.24) is 4.90 Å². The van der Waals surface area contributed by atoms with Crippen molar-refractivity contribution in [3.63, 3.8) is 0 Å². The highest BCUT2D eigenvalue weighted by Crippen LogP contribution is 2.26. The smallest absolute Gasteiger partial charge is 0.327 e. The van der Waals surface area contributed by atoms with Gasteiger partial charge >= 0.3 is 6.18 Å². The van der Waals surface area contributed by atoms with Crippen LogP contribution in [-0.2, 0) is 0 Å². The average molecular weight is 358 g/mol. The van der Waals surface area contributed by atoms with Gasteiger partial charge in [-0.15, -0.1) is 11.3 Å². The van der Waals surface area contributed by atoms with Gasteiger partial charge in [0.1, 0.15) is 6.54 Å². The molecular weight excluding hydrogens is 343 g/mol. The van der Waals surface area contributed by atoms with Crippen LogP contribution in [0, 0.1) is 0 Å². The van der Waals surface area contributed by atoms with Crippen LogP contribution in [0.15, 0.2) is 15.2 Å². The van der Waals surface area contributed by atoms with E-state index in [9.17, 15) is 18.0 Å². The molecule has 7 heteroatoms. The fourth-order valence-electron chi connectivity index (χ4n) is 1.88. The van der Waals surface area contributed by atoms with Crippen molar-refractivity contribution >= 4 is 33.2 Å². The molecule has 1 aromatic heterocycles. The fraction of sp³-hybridized carbons (Fsp3) is 0.583. The van der Waals surface area contributed by atoms with Crippen molar-refractivity contribution < 1.29 is 18.0 Å². The van der Waals surface area contributed by atoms with Gasteiger partial charge in [0.15, 0.2) is 0 Å². The molecule has 0 saturated heterocycles. The summed E-state index contributed by atoms with van der Waals surface area (Å²) in [6, 6.07) is 1.16. The SMILES string of the molecule is CCC(CC)N(CC(F)(F)F)C(=O)c1csc(Br)c1. The third kappa shape index (κ3) is 4.80. The molecule has 19 heavy (non-hydrogen) atoms. The van der Waals surface area contributed by atoms with E-state index in [4.69, 9.17) is 0 Å². The molecule has 0 aromatic carbocycles. The lowest BCUT2D eigenvalue weighted by molar-refractivity contribution is -0.144. The predicted molar refractivity (Wildman–Crippen MR) is 73.5 cm³/mol. The third-order valence-corrected chi connectivity index (χ3v) is 4.31. The van der Waals surface area contributed by atoms with E-state index in [1.54, 1.807) is 25.3 Å². The van der Waals surface area contributed by atoms with Gasteiger partial charge in [0.05, 0.1) is 9.35 Å². The Morgan fingerprint density at radius 2 is 2.00 bits per heavy atom. The van der Waals surface area contributed by atoms with Crippen LogP contribution in [0.3, 0.4) is 0 Å². The summed E-state index contributed by atoms with van der Waals surface area (Å²) in [5.41, 5.74) is 0.299. The quantitative estimate of drug-likeness (QED) is 0.747. The van der Waals surface area contributed by atoms with E-state index in [0.717, 1.165) is 8.69 Å². The van der Waals surface area contributed by atoms with Gasteiger partial charge in [0.2, 0.25) is 0 Å². The Kier molecular flexibility index (Phi) is 5.85. The number of carbonyl (C=O) groups is 1. The second-order valence-corrected chi connectivity index (χ2v) is 6.45. The Morgan fingerprint density at radius 3 is 2.37 bits per heavy atom. The topological polar surface area (TPSA) is 20.3 Å². The first-order valence-electron chi connectivity index (χ1n) is 5.90. The van der Waals surface area contributed by atoms with Gasteiger partial charge in [-0.1, -0.05) is 13.8 Å². The van der Waals surface area contributed by atoms with E-state index in [1.807, 2.05) is 0 Å². The molecule has 0 atom stereocenters. The van der Waals surface area contributed by atoms with Gasteiger partial charge in [-0.25, -0.2) is 0 Å². The summed E-state index contributed by atoms with van der Waals surface area (Å²) in [4.78, 5) is 13.1. The molecule has 1 rings (SSSR count). The van der Waals surface area contributed by atoms with Gasteiger partial charge < -0.3 is 4.90 Å². The maximum absolute atomic E-state index is 12.6. The van der Waals surface area contributed by atoms with Gasteiger partial charge in [0.25, 0.3) is 5.91 Å². The number of carbonyl (C=O) groups excluding carboxylic acids is 1. The Labute approximate surface area is 122 Å². The minimum atomic E-state index is -4.38. The molecule has 0 N–H and O–H groups in total. The first-order chi connectivity index (χ1) is 8.78. The molecule has 0 spiro atoms. The molecular formula is C12H15BrF3NOS.